The van der Waals surface area contributed by atoms with E-state index in [9.17, 15) is 0 Å². The summed E-state index contributed by atoms with van der Waals surface area (Å²) in [7, 11) is 0. The van der Waals surface area contributed by atoms with Crippen LogP contribution in [-0.4, -0.2) is 29.7 Å². The Morgan fingerprint density at radius 1 is 1.26 bits per heavy atom. The Morgan fingerprint density at radius 2 is 2.11 bits per heavy atom. The average molecular weight is 280 g/mol. The van der Waals surface area contributed by atoms with Gasteiger partial charge < -0.3 is 10.1 Å². The van der Waals surface area contributed by atoms with Gasteiger partial charge in [0.1, 0.15) is 0 Å². The summed E-state index contributed by atoms with van der Waals surface area (Å²) in [4.78, 5) is 8.80. The lowest BCUT2D eigenvalue weighted by Crippen LogP contribution is -2.33. The lowest BCUT2D eigenvalue weighted by Gasteiger charge is -2.22. The summed E-state index contributed by atoms with van der Waals surface area (Å²) >= 11 is 0. The van der Waals surface area contributed by atoms with Gasteiger partial charge >= 0.3 is 0 Å². The van der Waals surface area contributed by atoms with Crippen LogP contribution in [0.15, 0.2) is 30.5 Å². The predicted octanol–water partition coefficient (Wildman–Crippen LogP) is 2.43. The Morgan fingerprint density at radius 3 is 2.89 bits per heavy atom. The third-order valence-corrected chi connectivity index (χ3v) is 3.29. The minimum absolute atomic E-state index is 0. The normalized spacial score (nSPS) is 18.8. The van der Waals surface area contributed by atoms with E-state index in [2.05, 4.69) is 15.3 Å². The first kappa shape index (κ1) is 14.0. The van der Waals surface area contributed by atoms with Gasteiger partial charge in [-0.1, -0.05) is 12.1 Å². The van der Waals surface area contributed by atoms with Gasteiger partial charge in [-0.05, 0) is 31.5 Å². The number of aromatic nitrogens is 2. The van der Waals surface area contributed by atoms with E-state index in [-0.39, 0.29) is 12.4 Å². The standard InChI is InChI=1S/C14H17N3O.ClH/c1-2-6-13-12(5-1)16-9-14(17-13)18-10-11-4-3-7-15-8-11;/h1-2,5-6,9,11,15H,3-4,7-8,10H2;1H. The Kier molecular flexibility index (Phi) is 4.93. The second kappa shape index (κ2) is 6.68. The van der Waals surface area contributed by atoms with Gasteiger partial charge in [0.15, 0.2) is 0 Å². The molecule has 5 heteroatoms. The van der Waals surface area contributed by atoms with Gasteiger partial charge in [-0.2, -0.15) is 0 Å². The molecule has 2 aromatic rings. The summed E-state index contributed by atoms with van der Waals surface area (Å²) in [5, 5.41) is 3.38. The number of rotatable bonds is 3. The minimum Gasteiger partial charge on any atom is -0.476 e. The molecule has 1 saturated heterocycles. The third-order valence-electron chi connectivity index (χ3n) is 3.29. The lowest BCUT2D eigenvalue weighted by molar-refractivity contribution is 0.212. The molecule has 1 aliphatic rings. The number of benzene rings is 1. The number of nitrogens with one attached hydrogen (secondary N) is 1. The van der Waals surface area contributed by atoms with Crippen molar-refractivity contribution in [3.8, 4) is 5.88 Å². The Labute approximate surface area is 119 Å². The van der Waals surface area contributed by atoms with Crippen molar-refractivity contribution in [2.75, 3.05) is 19.7 Å². The lowest BCUT2D eigenvalue weighted by atomic mass is 10.0. The molecule has 1 aliphatic heterocycles. The summed E-state index contributed by atoms with van der Waals surface area (Å²) in [5.41, 5.74) is 1.79. The number of hydrogen-bond donors (Lipinski definition) is 1. The molecule has 1 unspecified atom stereocenters. The first-order valence-corrected chi connectivity index (χ1v) is 6.47. The average Bonchev–Trinajstić information content (AvgIpc) is 2.46. The molecule has 0 radical (unpaired) electrons. The van der Waals surface area contributed by atoms with E-state index in [4.69, 9.17) is 4.74 Å². The maximum atomic E-state index is 5.74. The largest absolute Gasteiger partial charge is 0.476 e. The van der Waals surface area contributed by atoms with Crippen LogP contribution < -0.4 is 10.1 Å². The van der Waals surface area contributed by atoms with E-state index in [1.807, 2.05) is 24.3 Å². The van der Waals surface area contributed by atoms with Crippen molar-refractivity contribution in [3.05, 3.63) is 30.5 Å². The van der Waals surface area contributed by atoms with Gasteiger partial charge in [0.05, 0.1) is 23.8 Å². The highest BCUT2D eigenvalue weighted by Crippen LogP contribution is 2.15. The summed E-state index contributed by atoms with van der Waals surface area (Å²) in [6, 6.07) is 7.84. The SMILES string of the molecule is Cl.c1ccc2nc(OCC3CCCNC3)cnc2c1. The first-order valence-electron chi connectivity index (χ1n) is 6.47. The number of hydrogen-bond acceptors (Lipinski definition) is 4. The minimum atomic E-state index is 0. The van der Waals surface area contributed by atoms with Gasteiger partial charge in [-0.3, -0.25) is 0 Å². The van der Waals surface area contributed by atoms with Crippen LogP contribution in [0.1, 0.15) is 12.8 Å². The number of halogens is 1. The van der Waals surface area contributed by atoms with Gasteiger partial charge in [0.25, 0.3) is 0 Å². The highest BCUT2D eigenvalue weighted by molar-refractivity contribution is 5.85. The molecular formula is C14H18ClN3O. The van der Waals surface area contributed by atoms with Crippen molar-refractivity contribution in [1.82, 2.24) is 15.3 Å². The number of piperidine rings is 1. The molecule has 102 valence electrons. The molecule has 4 nitrogen and oxygen atoms in total. The molecule has 19 heavy (non-hydrogen) atoms. The van der Waals surface area contributed by atoms with Crippen LogP contribution in [0.4, 0.5) is 0 Å². The topological polar surface area (TPSA) is 47.0 Å². The van der Waals surface area contributed by atoms with Gasteiger partial charge in [-0.25, -0.2) is 9.97 Å². The van der Waals surface area contributed by atoms with Crippen LogP contribution in [-0.2, 0) is 0 Å². The molecule has 1 N–H and O–H groups in total. The molecule has 1 aromatic carbocycles. The van der Waals surface area contributed by atoms with Crippen molar-refractivity contribution < 1.29 is 4.74 Å². The summed E-state index contributed by atoms with van der Waals surface area (Å²) in [6.45, 7) is 2.90. The van der Waals surface area contributed by atoms with E-state index in [0.717, 1.165) is 30.7 Å². The molecule has 0 amide bonds. The van der Waals surface area contributed by atoms with Crippen molar-refractivity contribution in [2.24, 2.45) is 5.92 Å². The fourth-order valence-corrected chi connectivity index (χ4v) is 2.28. The van der Waals surface area contributed by atoms with E-state index in [0.29, 0.717) is 11.8 Å². The fraction of sp³-hybridized carbons (Fsp3) is 0.429. The molecule has 1 aromatic heterocycles. The molecule has 2 heterocycles. The smallest absolute Gasteiger partial charge is 0.232 e. The second-order valence-electron chi connectivity index (χ2n) is 4.72. The molecule has 3 rings (SSSR count). The van der Waals surface area contributed by atoms with E-state index in [1.54, 1.807) is 6.20 Å². The van der Waals surface area contributed by atoms with Crippen LogP contribution in [0.25, 0.3) is 11.0 Å². The predicted molar refractivity (Wildman–Crippen MR) is 77.9 cm³/mol. The summed E-state index contributed by atoms with van der Waals surface area (Å²) < 4.78 is 5.74. The van der Waals surface area contributed by atoms with Crippen LogP contribution in [0.2, 0.25) is 0 Å². The highest BCUT2D eigenvalue weighted by atomic mass is 35.5. The van der Waals surface area contributed by atoms with Gasteiger partial charge in [-0.15, -0.1) is 12.4 Å². The Bertz CT molecular complexity index is 529. The highest BCUT2D eigenvalue weighted by Gasteiger charge is 2.13. The van der Waals surface area contributed by atoms with E-state index in [1.165, 1.54) is 12.8 Å². The number of nitrogens with zero attached hydrogens (tertiary/aromatic N) is 2. The zero-order chi connectivity index (χ0) is 12.2. The van der Waals surface area contributed by atoms with Crippen molar-refractivity contribution in [3.63, 3.8) is 0 Å². The maximum absolute atomic E-state index is 5.74. The van der Waals surface area contributed by atoms with Gasteiger partial charge in [0, 0.05) is 12.5 Å². The molecular weight excluding hydrogens is 262 g/mol. The Balaban J connectivity index is 0.00000133. The Hall–Kier alpha value is -1.39. The summed E-state index contributed by atoms with van der Waals surface area (Å²) in [6.07, 6.45) is 4.17. The molecule has 0 aliphatic carbocycles. The van der Waals surface area contributed by atoms with E-state index >= 15 is 0 Å². The zero-order valence-electron chi connectivity index (χ0n) is 10.7. The first-order chi connectivity index (χ1) is 8.92. The second-order valence-corrected chi connectivity index (χ2v) is 4.72. The molecule has 1 fully saturated rings. The third kappa shape index (κ3) is 3.55. The maximum Gasteiger partial charge on any atom is 0.232 e. The monoisotopic (exact) mass is 279 g/mol. The number of fused-ring (bicyclic) bond motifs is 1. The number of para-hydroxylation sites is 2. The van der Waals surface area contributed by atoms with Crippen LogP contribution in [0.5, 0.6) is 5.88 Å². The van der Waals surface area contributed by atoms with Crippen molar-refractivity contribution in [1.29, 1.82) is 0 Å². The molecule has 0 spiro atoms. The van der Waals surface area contributed by atoms with Crippen LogP contribution in [0, 0.1) is 5.92 Å². The quantitative estimate of drug-likeness (QED) is 0.937. The number of ether oxygens (including phenoxy) is 1. The molecule has 0 saturated carbocycles. The molecule has 1 atom stereocenters. The van der Waals surface area contributed by atoms with Gasteiger partial charge in [0.2, 0.25) is 5.88 Å². The van der Waals surface area contributed by atoms with Crippen molar-refractivity contribution >= 4 is 23.4 Å². The van der Waals surface area contributed by atoms with Crippen molar-refractivity contribution in [2.45, 2.75) is 12.8 Å². The van der Waals surface area contributed by atoms with E-state index < -0.39 is 0 Å². The summed E-state index contributed by atoms with van der Waals surface area (Å²) in [5.74, 6) is 1.21. The molecule has 0 bridgehead atoms. The van der Waals surface area contributed by atoms with Crippen LogP contribution >= 0.6 is 12.4 Å². The fourth-order valence-electron chi connectivity index (χ4n) is 2.28. The van der Waals surface area contributed by atoms with Crippen LogP contribution in [0.3, 0.4) is 0 Å². The zero-order valence-corrected chi connectivity index (χ0v) is 11.5.